The predicted molar refractivity (Wildman–Crippen MR) is 96.4 cm³/mol. The molecule has 0 atom stereocenters. The van der Waals surface area contributed by atoms with Crippen molar-refractivity contribution in [3.63, 3.8) is 0 Å². The zero-order chi connectivity index (χ0) is 16.4. The highest BCUT2D eigenvalue weighted by atomic mass is 79.9. The van der Waals surface area contributed by atoms with Gasteiger partial charge in [-0.05, 0) is 35.2 Å². The van der Waals surface area contributed by atoms with Gasteiger partial charge in [-0.1, -0.05) is 64.5 Å². The molecule has 0 fully saturated rings. The van der Waals surface area contributed by atoms with Crippen LogP contribution in [0.2, 0.25) is 0 Å². The minimum Gasteiger partial charge on any atom is -0.258 e. The van der Waals surface area contributed by atoms with Gasteiger partial charge in [-0.2, -0.15) is 0 Å². The molecule has 0 bridgehead atoms. The molecular formula is C19H14BrNO2. The van der Waals surface area contributed by atoms with Gasteiger partial charge in [-0.3, -0.25) is 10.1 Å². The highest BCUT2D eigenvalue weighted by molar-refractivity contribution is 9.10. The first-order valence-electron chi connectivity index (χ1n) is 7.16. The molecule has 0 N–H and O–H groups in total. The van der Waals surface area contributed by atoms with Gasteiger partial charge in [0.05, 0.1) is 4.92 Å². The van der Waals surface area contributed by atoms with Crippen molar-refractivity contribution >= 4 is 21.6 Å². The zero-order valence-corrected chi connectivity index (χ0v) is 14.1. The molecular weight excluding hydrogens is 354 g/mol. The third-order valence-corrected chi connectivity index (χ3v) is 4.50. The third-order valence-electron chi connectivity index (χ3n) is 3.81. The summed E-state index contributed by atoms with van der Waals surface area (Å²) in [7, 11) is 0. The van der Waals surface area contributed by atoms with Crippen molar-refractivity contribution in [2.45, 2.75) is 6.92 Å². The lowest BCUT2D eigenvalue weighted by molar-refractivity contribution is -0.384. The van der Waals surface area contributed by atoms with Gasteiger partial charge >= 0.3 is 0 Å². The normalized spacial score (nSPS) is 10.5. The Hall–Kier alpha value is -2.46. The maximum absolute atomic E-state index is 11.0. The summed E-state index contributed by atoms with van der Waals surface area (Å²) in [4.78, 5) is 10.6. The molecule has 4 heteroatoms. The highest BCUT2D eigenvalue weighted by Gasteiger charge is 2.11. The van der Waals surface area contributed by atoms with Crippen molar-refractivity contribution in [2.24, 2.45) is 0 Å². The van der Waals surface area contributed by atoms with Crippen LogP contribution in [0.25, 0.3) is 22.3 Å². The number of nitrogens with zero attached hydrogens (tertiary/aromatic N) is 1. The average molecular weight is 368 g/mol. The van der Waals surface area contributed by atoms with Crippen molar-refractivity contribution in [1.29, 1.82) is 0 Å². The molecule has 0 heterocycles. The summed E-state index contributed by atoms with van der Waals surface area (Å²) in [5.74, 6) is 0. The Bertz CT molecular complexity index is 873. The number of hydrogen-bond acceptors (Lipinski definition) is 2. The minimum absolute atomic E-state index is 0.0891. The van der Waals surface area contributed by atoms with Gasteiger partial charge in [0.1, 0.15) is 0 Å². The van der Waals surface area contributed by atoms with E-state index < -0.39 is 0 Å². The number of nitro benzene ring substituents is 1. The van der Waals surface area contributed by atoms with Gasteiger partial charge in [0.2, 0.25) is 0 Å². The lowest BCUT2D eigenvalue weighted by Crippen LogP contribution is -1.89. The van der Waals surface area contributed by atoms with Crippen molar-refractivity contribution in [1.82, 2.24) is 0 Å². The number of halogens is 1. The van der Waals surface area contributed by atoms with Crippen LogP contribution in [0, 0.1) is 17.0 Å². The first kappa shape index (κ1) is 15.4. The first-order chi connectivity index (χ1) is 11.1. The molecule has 0 aliphatic rings. The number of benzene rings is 3. The third kappa shape index (κ3) is 3.17. The number of aryl methyl sites for hydroxylation is 1. The van der Waals surface area contributed by atoms with E-state index in [0.29, 0.717) is 0 Å². The van der Waals surface area contributed by atoms with E-state index in [4.69, 9.17) is 0 Å². The summed E-state index contributed by atoms with van der Waals surface area (Å²) in [6.07, 6.45) is 0. The number of non-ortho nitro benzene ring substituents is 1. The Morgan fingerprint density at radius 3 is 2.09 bits per heavy atom. The molecule has 0 aromatic heterocycles. The van der Waals surface area contributed by atoms with Crippen LogP contribution in [0.15, 0.2) is 71.2 Å². The monoisotopic (exact) mass is 367 g/mol. The fraction of sp³-hybridized carbons (Fsp3) is 0.0526. The number of nitro groups is 1. The SMILES string of the molecule is Cc1ccccc1-c1ccc(-c2cc([N+](=O)[O-])ccc2Br)cc1. The van der Waals surface area contributed by atoms with E-state index in [-0.39, 0.29) is 10.6 Å². The van der Waals surface area contributed by atoms with E-state index in [1.807, 2.05) is 36.4 Å². The summed E-state index contributed by atoms with van der Waals surface area (Å²) >= 11 is 3.47. The smallest absolute Gasteiger partial charge is 0.258 e. The summed E-state index contributed by atoms with van der Waals surface area (Å²) in [6.45, 7) is 2.08. The minimum atomic E-state index is -0.377. The van der Waals surface area contributed by atoms with Crippen LogP contribution in [0.1, 0.15) is 5.56 Å². The molecule has 0 radical (unpaired) electrons. The molecule has 3 aromatic rings. The van der Waals surface area contributed by atoms with E-state index in [1.54, 1.807) is 12.1 Å². The van der Waals surface area contributed by atoms with E-state index in [1.165, 1.54) is 17.2 Å². The van der Waals surface area contributed by atoms with E-state index in [2.05, 4.69) is 35.0 Å². The van der Waals surface area contributed by atoms with Crippen LogP contribution in [-0.4, -0.2) is 4.92 Å². The quantitative estimate of drug-likeness (QED) is 0.420. The maximum Gasteiger partial charge on any atom is 0.270 e. The predicted octanol–water partition coefficient (Wildman–Crippen LogP) is 6.00. The van der Waals surface area contributed by atoms with Crippen molar-refractivity contribution in [2.75, 3.05) is 0 Å². The average Bonchev–Trinajstić information content (AvgIpc) is 2.56. The molecule has 0 unspecified atom stereocenters. The van der Waals surface area contributed by atoms with Crippen molar-refractivity contribution in [3.05, 3.63) is 86.9 Å². The van der Waals surface area contributed by atoms with Crippen LogP contribution >= 0.6 is 15.9 Å². The van der Waals surface area contributed by atoms with Gasteiger partial charge in [0.25, 0.3) is 5.69 Å². The Labute approximate surface area is 142 Å². The molecule has 0 aliphatic carbocycles. The Balaban J connectivity index is 2.02. The topological polar surface area (TPSA) is 43.1 Å². The second kappa shape index (κ2) is 6.34. The van der Waals surface area contributed by atoms with Crippen molar-refractivity contribution < 1.29 is 4.92 Å². The van der Waals surface area contributed by atoms with E-state index in [0.717, 1.165) is 21.2 Å². The lowest BCUT2D eigenvalue weighted by Gasteiger charge is -2.08. The lowest BCUT2D eigenvalue weighted by atomic mass is 9.97. The molecule has 23 heavy (non-hydrogen) atoms. The van der Waals surface area contributed by atoms with Gasteiger partial charge in [-0.15, -0.1) is 0 Å². The summed E-state index contributed by atoms with van der Waals surface area (Å²) in [6, 6.07) is 21.1. The second-order valence-electron chi connectivity index (χ2n) is 5.31. The molecule has 3 rings (SSSR count). The molecule has 0 aliphatic heterocycles. The van der Waals surface area contributed by atoms with Gasteiger partial charge < -0.3 is 0 Å². The van der Waals surface area contributed by atoms with Crippen LogP contribution in [0.3, 0.4) is 0 Å². The summed E-state index contributed by atoms with van der Waals surface area (Å²) < 4.78 is 0.840. The molecule has 3 nitrogen and oxygen atoms in total. The van der Waals surface area contributed by atoms with Crippen LogP contribution in [0.5, 0.6) is 0 Å². The fourth-order valence-corrected chi connectivity index (χ4v) is 3.05. The zero-order valence-electron chi connectivity index (χ0n) is 12.5. The van der Waals surface area contributed by atoms with Crippen LogP contribution in [-0.2, 0) is 0 Å². The van der Waals surface area contributed by atoms with Gasteiger partial charge in [0.15, 0.2) is 0 Å². The standard InChI is InChI=1S/C19H14BrNO2/c1-13-4-2-3-5-17(13)14-6-8-15(9-7-14)18-12-16(21(22)23)10-11-19(18)20/h2-12H,1H3. The van der Waals surface area contributed by atoms with Crippen LogP contribution in [0.4, 0.5) is 5.69 Å². The van der Waals surface area contributed by atoms with Crippen molar-refractivity contribution in [3.8, 4) is 22.3 Å². The Kier molecular flexibility index (Phi) is 4.26. The van der Waals surface area contributed by atoms with Crippen LogP contribution < -0.4 is 0 Å². The molecule has 3 aromatic carbocycles. The fourth-order valence-electron chi connectivity index (χ4n) is 2.57. The summed E-state index contributed by atoms with van der Waals surface area (Å²) in [5.41, 5.74) is 5.39. The summed E-state index contributed by atoms with van der Waals surface area (Å²) in [5, 5.41) is 11.0. The Morgan fingerprint density at radius 1 is 0.870 bits per heavy atom. The number of rotatable bonds is 3. The first-order valence-corrected chi connectivity index (χ1v) is 7.96. The van der Waals surface area contributed by atoms with Gasteiger partial charge in [-0.25, -0.2) is 0 Å². The van der Waals surface area contributed by atoms with E-state index in [9.17, 15) is 10.1 Å². The molecule has 0 spiro atoms. The maximum atomic E-state index is 11.0. The number of hydrogen-bond donors (Lipinski definition) is 0. The molecule has 0 saturated carbocycles. The molecule has 114 valence electrons. The largest absolute Gasteiger partial charge is 0.270 e. The van der Waals surface area contributed by atoms with E-state index >= 15 is 0 Å². The highest BCUT2D eigenvalue weighted by Crippen LogP contribution is 2.33. The Morgan fingerprint density at radius 2 is 1.48 bits per heavy atom. The molecule has 0 saturated heterocycles. The van der Waals surface area contributed by atoms with Gasteiger partial charge in [0, 0.05) is 22.2 Å². The second-order valence-corrected chi connectivity index (χ2v) is 6.17. The molecule has 0 amide bonds.